The van der Waals surface area contributed by atoms with Gasteiger partial charge in [0.2, 0.25) is 0 Å². The van der Waals surface area contributed by atoms with E-state index >= 15 is 0 Å². The fourth-order valence-electron chi connectivity index (χ4n) is 2.43. The smallest absolute Gasteiger partial charge is 0.133 e. The standard InChI is InChI=1S/C13H20BrN3S/c1-9-7-17(8-10(2)18-9)13-11(5-15-3)4-12(14)6-16-13/h4,6,9-10,15H,5,7-8H2,1-3H3. The molecule has 2 rings (SSSR count). The molecule has 5 heteroatoms. The lowest BCUT2D eigenvalue weighted by molar-refractivity contribution is 0.706. The monoisotopic (exact) mass is 329 g/mol. The molecular weight excluding hydrogens is 310 g/mol. The Morgan fingerprint density at radius 2 is 2.11 bits per heavy atom. The number of hydrogen-bond acceptors (Lipinski definition) is 4. The van der Waals surface area contributed by atoms with Gasteiger partial charge in [-0.2, -0.15) is 11.8 Å². The van der Waals surface area contributed by atoms with Gasteiger partial charge in [-0.05, 0) is 29.0 Å². The zero-order valence-electron chi connectivity index (χ0n) is 11.1. The first-order valence-corrected chi connectivity index (χ1v) is 8.03. The predicted molar refractivity (Wildman–Crippen MR) is 83.4 cm³/mol. The second kappa shape index (κ2) is 6.26. The number of pyridine rings is 1. The second-order valence-electron chi connectivity index (χ2n) is 4.83. The molecule has 3 nitrogen and oxygen atoms in total. The normalized spacial score (nSPS) is 24.3. The van der Waals surface area contributed by atoms with E-state index in [1.165, 1.54) is 5.56 Å². The van der Waals surface area contributed by atoms with Gasteiger partial charge >= 0.3 is 0 Å². The van der Waals surface area contributed by atoms with E-state index in [1.807, 2.05) is 13.2 Å². The minimum absolute atomic E-state index is 0.668. The molecule has 0 aromatic carbocycles. The van der Waals surface area contributed by atoms with Gasteiger partial charge < -0.3 is 10.2 Å². The molecular formula is C13H20BrN3S. The molecule has 0 radical (unpaired) electrons. The van der Waals surface area contributed by atoms with Crippen LogP contribution >= 0.6 is 27.7 Å². The molecule has 1 aliphatic rings. The highest BCUT2D eigenvalue weighted by molar-refractivity contribution is 9.10. The highest BCUT2D eigenvalue weighted by Crippen LogP contribution is 2.30. The van der Waals surface area contributed by atoms with Gasteiger partial charge in [0, 0.05) is 46.4 Å². The molecule has 100 valence electrons. The summed E-state index contributed by atoms with van der Waals surface area (Å²) in [4.78, 5) is 7.04. The number of rotatable bonds is 3. The van der Waals surface area contributed by atoms with E-state index in [-0.39, 0.29) is 0 Å². The molecule has 1 aromatic rings. The summed E-state index contributed by atoms with van der Waals surface area (Å²) in [5.74, 6) is 1.13. The zero-order chi connectivity index (χ0) is 13.1. The van der Waals surface area contributed by atoms with E-state index in [1.54, 1.807) is 0 Å². The highest BCUT2D eigenvalue weighted by Gasteiger charge is 2.24. The van der Waals surface area contributed by atoms with E-state index < -0.39 is 0 Å². The van der Waals surface area contributed by atoms with Crippen LogP contribution in [-0.2, 0) is 6.54 Å². The summed E-state index contributed by atoms with van der Waals surface area (Å²) < 4.78 is 1.05. The third-order valence-corrected chi connectivity index (χ3v) is 4.66. The average molecular weight is 330 g/mol. The Labute approximate surface area is 122 Å². The van der Waals surface area contributed by atoms with Gasteiger partial charge in [0.25, 0.3) is 0 Å². The number of anilines is 1. The van der Waals surface area contributed by atoms with Crippen molar-refractivity contribution < 1.29 is 0 Å². The molecule has 1 fully saturated rings. The summed E-state index contributed by atoms with van der Waals surface area (Å²) in [6.07, 6.45) is 1.89. The Morgan fingerprint density at radius 1 is 1.44 bits per heavy atom. The molecule has 0 spiro atoms. The predicted octanol–water partition coefficient (Wildman–Crippen LogP) is 2.89. The molecule has 1 aliphatic heterocycles. The number of nitrogens with one attached hydrogen (secondary N) is 1. The molecule has 2 unspecified atom stereocenters. The Morgan fingerprint density at radius 3 is 2.72 bits per heavy atom. The molecule has 0 amide bonds. The van der Waals surface area contributed by atoms with Crippen LogP contribution in [0.1, 0.15) is 19.4 Å². The summed E-state index contributed by atoms with van der Waals surface area (Å²) in [6.45, 7) is 7.61. The van der Waals surface area contributed by atoms with Crippen LogP contribution in [0.3, 0.4) is 0 Å². The van der Waals surface area contributed by atoms with Gasteiger partial charge in [0.05, 0.1) is 0 Å². The van der Waals surface area contributed by atoms with Crippen LogP contribution in [0.5, 0.6) is 0 Å². The Bertz CT molecular complexity index is 403. The molecule has 0 saturated carbocycles. The molecule has 18 heavy (non-hydrogen) atoms. The number of thioether (sulfide) groups is 1. The molecule has 0 aliphatic carbocycles. The van der Waals surface area contributed by atoms with Gasteiger partial charge in [-0.1, -0.05) is 13.8 Å². The first-order valence-electron chi connectivity index (χ1n) is 6.29. The third kappa shape index (κ3) is 3.39. The third-order valence-electron chi connectivity index (χ3n) is 3.00. The number of halogens is 1. The fraction of sp³-hybridized carbons (Fsp3) is 0.615. The maximum Gasteiger partial charge on any atom is 0.133 e. The lowest BCUT2D eigenvalue weighted by atomic mass is 10.2. The quantitative estimate of drug-likeness (QED) is 0.922. The van der Waals surface area contributed by atoms with Crippen molar-refractivity contribution in [3.05, 3.63) is 22.3 Å². The summed E-state index contributed by atoms with van der Waals surface area (Å²) >= 11 is 5.57. The minimum atomic E-state index is 0.668. The number of nitrogens with zero attached hydrogens (tertiary/aromatic N) is 2. The van der Waals surface area contributed by atoms with Crippen LogP contribution in [0.4, 0.5) is 5.82 Å². The Hall–Kier alpha value is -0.260. The van der Waals surface area contributed by atoms with Crippen molar-refractivity contribution in [2.24, 2.45) is 0 Å². The van der Waals surface area contributed by atoms with Crippen molar-refractivity contribution in [3.8, 4) is 0 Å². The summed E-state index contributed by atoms with van der Waals surface area (Å²) in [5, 5.41) is 4.56. The van der Waals surface area contributed by atoms with Crippen molar-refractivity contribution in [3.63, 3.8) is 0 Å². The van der Waals surface area contributed by atoms with Gasteiger partial charge in [0.1, 0.15) is 5.82 Å². The topological polar surface area (TPSA) is 28.2 Å². The van der Waals surface area contributed by atoms with Crippen LogP contribution in [0.2, 0.25) is 0 Å². The maximum absolute atomic E-state index is 4.62. The van der Waals surface area contributed by atoms with Crippen molar-refractivity contribution in [2.45, 2.75) is 30.9 Å². The van der Waals surface area contributed by atoms with Crippen molar-refractivity contribution in [2.75, 3.05) is 25.0 Å². The van der Waals surface area contributed by atoms with Crippen molar-refractivity contribution in [1.82, 2.24) is 10.3 Å². The minimum Gasteiger partial charge on any atom is -0.354 e. The van der Waals surface area contributed by atoms with E-state index in [4.69, 9.17) is 0 Å². The summed E-state index contributed by atoms with van der Waals surface area (Å²) in [5.41, 5.74) is 1.26. The molecule has 2 heterocycles. The Kier molecular flexibility index (Phi) is 4.92. The summed E-state index contributed by atoms with van der Waals surface area (Å²) in [7, 11) is 1.97. The second-order valence-corrected chi connectivity index (χ2v) is 7.63. The fourth-order valence-corrected chi connectivity index (χ4v) is 4.13. The van der Waals surface area contributed by atoms with E-state index in [0.29, 0.717) is 10.5 Å². The molecule has 1 saturated heterocycles. The first-order chi connectivity index (χ1) is 8.60. The summed E-state index contributed by atoms with van der Waals surface area (Å²) in [6, 6.07) is 2.16. The SMILES string of the molecule is CNCc1cc(Br)cnc1N1CC(C)SC(C)C1. The largest absolute Gasteiger partial charge is 0.354 e. The molecule has 0 bridgehead atoms. The zero-order valence-corrected chi connectivity index (χ0v) is 13.5. The van der Waals surface area contributed by atoms with Gasteiger partial charge in [-0.3, -0.25) is 0 Å². The molecule has 1 aromatic heterocycles. The van der Waals surface area contributed by atoms with Crippen LogP contribution in [0.25, 0.3) is 0 Å². The van der Waals surface area contributed by atoms with Crippen molar-refractivity contribution >= 4 is 33.5 Å². The lowest BCUT2D eigenvalue weighted by Crippen LogP contribution is -2.41. The van der Waals surface area contributed by atoms with Crippen LogP contribution in [0.15, 0.2) is 16.7 Å². The van der Waals surface area contributed by atoms with Gasteiger partial charge in [-0.15, -0.1) is 0 Å². The van der Waals surface area contributed by atoms with Gasteiger partial charge in [-0.25, -0.2) is 4.98 Å². The average Bonchev–Trinajstić information content (AvgIpc) is 2.28. The molecule has 1 N–H and O–H groups in total. The maximum atomic E-state index is 4.62. The number of aromatic nitrogens is 1. The lowest BCUT2D eigenvalue weighted by Gasteiger charge is -2.36. The van der Waals surface area contributed by atoms with Gasteiger partial charge in [0.15, 0.2) is 0 Å². The van der Waals surface area contributed by atoms with Crippen LogP contribution < -0.4 is 10.2 Å². The number of hydrogen-bond donors (Lipinski definition) is 1. The first kappa shape index (κ1) is 14.2. The Balaban J connectivity index is 2.25. The van der Waals surface area contributed by atoms with E-state index in [9.17, 15) is 0 Å². The van der Waals surface area contributed by atoms with Crippen molar-refractivity contribution in [1.29, 1.82) is 0 Å². The van der Waals surface area contributed by atoms with Crippen LogP contribution in [0, 0.1) is 0 Å². The van der Waals surface area contributed by atoms with E-state index in [2.05, 4.69) is 62.8 Å². The van der Waals surface area contributed by atoms with E-state index in [0.717, 1.165) is 29.9 Å². The highest BCUT2D eigenvalue weighted by atomic mass is 79.9. The molecule has 2 atom stereocenters. The van der Waals surface area contributed by atoms with Crippen LogP contribution in [-0.4, -0.2) is 35.6 Å².